The molecule has 6 heteroatoms. The number of rotatable bonds is 6. The highest BCUT2D eigenvalue weighted by atomic mass is 19.1. The van der Waals surface area contributed by atoms with Gasteiger partial charge >= 0.3 is 0 Å². The third-order valence-corrected chi connectivity index (χ3v) is 4.60. The fourth-order valence-electron chi connectivity index (χ4n) is 3.03. The van der Waals surface area contributed by atoms with Crippen LogP contribution in [-0.4, -0.2) is 11.8 Å². The Hall–Kier alpha value is -3.67. The van der Waals surface area contributed by atoms with Gasteiger partial charge in [-0.25, -0.2) is 4.39 Å². The van der Waals surface area contributed by atoms with Gasteiger partial charge in [0, 0.05) is 11.3 Å². The van der Waals surface area contributed by atoms with Crippen molar-refractivity contribution < 1.29 is 14.0 Å². The zero-order chi connectivity index (χ0) is 20.8. The molecule has 0 aliphatic heterocycles. The van der Waals surface area contributed by atoms with Crippen LogP contribution in [0.4, 0.5) is 21.5 Å². The minimum atomic E-state index is -0.471. The fraction of sp³-hybridized carbons (Fsp3) is 0.130. The summed E-state index contributed by atoms with van der Waals surface area (Å²) in [5.74, 6) is -1.20. The monoisotopic (exact) mass is 391 g/mol. The van der Waals surface area contributed by atoms with Gasteiger partial charge in [-0.3, -0.25) is 9.59 Å². The molecule has 2 amide bonds. The molecule has 29 heavy (non-hydrogen) atoms. The second-order valence-electron chi connectivity index (χ2n) is 6.62. The molecule has 0 aromatic heterocycles. The molecule has 148 valence electrons. The van der Waals surface area contributed by atoms with Gasteiger partial charge in [-0.15, -0.1) is 0 Å². The zero-order valence-electron chi connectivity index (χ0n) is 16.0. The summed E-state index contributed by atoms with van der Waals surface area (Å²) in [6.45, 7) is 1.96. The number of hydrogen-bond acceptors (Lipinski definition) is 3. The number of anilines is 3. The van der Waals surface area contributed by atoms with Gasteiger partial charge < -0.3 is 16.4 Å². The molecule has 0 heterocycles. The summed E-state index contributed by atoms with van der Waals surface area (Å²) in [6.07, 6.45) is 0.676. The molecule has 3 aromatic rings. The van der Waals surface area contributed by atoms with Crippen LogP contribution in [0.5, 0.6) is 0 Å². The minimum Gasteiger partial charge on any atom is -0.397 e. The highest BCUT2D eigenvalue weighted by Crippen LogP contribution is 2.23. The van der Waals surface area contributed by atoms with Gasteiger partial charge in [-0.1, -0.05) is 37.3 Å². The van der Waals surface area contributed by atoms with Gasteiger partial charge in [-0.05, 0) is 54.4 Å². The molecule has 0 aliphatic rings. The van der Waals surface area contributed by atoms with Crippen LogP contribution in [0, 0.1) is 5.82 Å². The van der Waals surface area contributed by atoms with E-state index < -0.39 is 5.82 Å². The maximum absolute atomic E-state index is 13.1. The maximum atomic E-state index is 13.1. The largest absolute Gasteiger partial charge is 0.397 e. The van der Waals surface area contributed by atoms with E-state index in [1.807, 2.05) is 37.3 Å². The third-order valence-electron chi connectivity index (χ3n) is 4.60. The summed E-state index contributed by atoms with van der Waals surface area (Å²) in [5, 5.41) is 5.54. The highest BCUT2D eigenvalue weighted by Gasteiger charge is 2.18. The van der Waals surface area contributed by atoms with Gasteiger partial charge in [0.05, 0.1) is 17.3 Å². The molecule has 3 rings (SSSR count). The van der Waals surface area contributed by atoms with Crippen LogP contribution in [-0.2, 0) is 4.79 Å². The number of nitrogens with two attached hydrogens (primary N) is 1. The topological polar surface area (TPSA) is 84.2 Å². The molecule has 0 aliphatic carbocycles. The predicted molar refractivity (Wildman–Crippen MR) is 113 cm³/mol. The first kappa shape index (κ1) is 20.1. The normalized spacial score (nSPS) is 11.5. The fourth-order valence-corrected chi connectivity index (χ4v) is 3.03. The van der Waals surface area contributed by atoms with Gasteiger partial charge in [0.1, 0.15) is 5.82 Å². The van der Waals surface area contributed by atoms with Crippen molar-refractivity contribution in [2.75, 3.05) is 16.4 Å². The molecule has 5 nitrogen and oxygen atoms in total. The lowest BCUT2D eigenvalue weighted by molar-refractivity contribution is -0.117. The van der Waals surface area contributed by atoms with E-state index in [2.05, 4.69) is 10.6 Å². The summed E-state index contributed by atoms with van der Waals surface area (Å²) in [4.78, 5) is 25.0. The number of carbonyl (C=O) groups is 2. The average Bonchev–Trinajstić information content (AvgIpc) is 2.72. The molecule has 0 fully saturated rings. The van der Waals surface area contributed by atoms with Crippen molar-refractivity contribution >= 4 is 28.9 Å². The molecule has 0 unspecified atom stereocenters. The molecule has 0 saturated carbocycles. The SMILES string of the molecule is CC[C@@H](C(=O)Nc1ccc(C(=O)Nc2ccc(F)cc2N)cc1)c1ccccc1. The van der Waals surface area contributed by atoms with E-state index in [9.17, 15) is 14.0 Å². The van der Waals surface area contributed by atoms with Crippen LogP contribution >= 0.6 is 0 Å². The van der Waals surface area contributed by atoms with Crippen molar-refractivity contribution in [2.24, 2.45) is 0 Å². The van der Waals surface area contributed by atoms with Crippen molar-refractivity contribution in [1.82, 2.24) is 0 Å². The molecule has 4 N–H and O–H groups in total. The first-order chi connectivity index (χ1) is 14.0. The van der Waals surface area contributed by atoms with E-state index >= 15 is 0 Å². The van der Waals surface area contributed by atoms with Crippen molar-refractivity contribution in [1.29, 1.82) is 0 Å². The zero-order valence-corrected chi connectivity index (χ0v) is 16.0. The predicted octanol–water partition coefficient (Wildman–Crippen LogP) is 4.79. The molecule has 0 spiro atoms. The molecule has 0 radical (unpaired) electrons. The Labute approximate surface area is 168 Å². The molecule has 1 atom stereocenters. The van der Waals surface area contributed by atoms with E-state index in [1.165, 1.54) is 12.1 Å². The number of nitrogens with one attached hydrogen (secondary N) is 2. The third kappa shape index (κ3) is 4.99. The second kappa shape index (κ2) is 9.01. The van der Waals surface area contributed by atoms with Gasteiger partial charge in [0.15, 0.2) is 0 Å². The smallest absolute Gasteiger partial charge is 0.255 e. The lowest BCUT2D eigenvalue weighted by Crippen LogP contribution is -2.20. The summed E-state index contributed by atoms with van der Waals surface area (Å²) < 4.78 is 13.1. The summed E-state index contributed by atoms with van der Waals surface area (Å²) in [6, 6.07) is 19.9. The van der Waals surface area contributed by atoms with E-state index in [4.69, 9.17) is 5.73 Å². The Balaban J connectivity index is 1.66. The van der Waals surface area contributed by atoms with Gasteiger partial charge in [-0.2, -0.15) is 0 Å². The number of benzene rings is 3. The molecule has 0 saturated heterocycles. The van der Waals surface area contributed by atoms with Crippen LogP contribution in [0.2, 0.25) is 0 Å². The molecule has 3 aromatic carbocycles. The Bertz CT molecular complexity index is 1000. The van der Waals surface area contributed by atoms with Crippen LogP contribution in [0.25, 0.3) is 0 Å². The number of amides is 2. The number of carbonyl (C=O) groups excluding carboxylic acids is 2. The van der Waals surface area contributed by atoms with Gasteiger partial charge in [0.2, 0.25) is 5.91 Å². The van der Waals surface area contributed by atoms with Crippen LogP contribution in [0.3, 0.4) is 0 Å². The minimum absolute atomic E-state index is 0.102. The first-order valence-electron chi connectivity index (χ1n) is 9.30. The van der Waals surface area contributed by atoms with Crippen LogP contribution in [0.1, 0.15) is 35.2 Å². The number of nitrogen functional groups attached to an aromatic ring is 1. The Morgan fingerprint density at radius 2 is 1.66 bits per heavy atom. The lowest BCUT2D eigenvalue weighted by atomic mass is 9.95. The van der Waals surface area contributed by atoms with E-state index in [0.717, 1.165) is 11.6 Å². The van der Waals surface area contributed by atoms with E-state index in [1.54, 1.807) is 24.3 Å². The summed E-state index contributed by atoms with van der Waals surface area (Å²) in [7, 11) is 0. The molecule has 0 bridgehead atoms. The first-order valence-corrected chi connectivity index (χ1v) is 9.30. The van der Waals surface area contributed by atoms with Crippen LogP contribution in [0.15, 0.2) is 72.8 Å². The Kier molecular flexibility index (Phi) is 6.24. The number of hydrogen-bond donors (Lipinski definition) is 3. The quantitative estimate of drug-likeness (QED) is 0.528. The van der Waals surface area contributed by atoms with E-state index in [0.29, 0.717) is 23.4 Å². The summed E-state index contributed by atoms with van der Waals surface area (Å²) in [5.41, 5.74) is 8.15. The van der Waals surface area contributed by atoms with Crippen molar-refractivity contribution in [3.05, 3.63) is 89.7 Å². The second-order valence-corrected chi connectivity index (χ2v) is 6.62. The highest BCUT2D eigenvalue weighted by molar-refractivity contribution is 6.06. The molecular formula is C23H22FN3O2. The maximum Gasteiger partial charge on any atom is 0.255 e. The van der Waals surface area contributed by atoms with Gasteiger partial charge in [0.25, 0.3) is 5.91 Å². The van der Waals surface area contributed by atoms with Crippen LogP contribution < -0.4 is 16.4 Å². The Morgan fingerprint density at radius 3 is 2.28 bits per heavy atom. The lowest BCUT2D eigenvalue weighted by Gasteiger charge is -2.15. The van der Waals surface area contributed by atoms with Crippen molar-refractivity contribution in [2.45, 2.75) is 19.3 Å². The Morgan fingerprint density at radius 1 is 0.966 bits per heavy atom. The van der Waals surface area contributed by atoms with Crippen molar-refractivity contribution in [3.63, 3.8) is 0 Å². The molecular weight excluding hydrogens is 369 g/mol. The summed E-state index contributed by atoms with van der Waals surface area (Å²) >= 11 is 0. The standard InChI is InChI=1S/C23H22FN3O2/c1-2-19(15-6-4-3-5-7-15)23(29)26-18-11-8-16(9-12-18)22(28)27-21-13-10-17(24)14-20(21)25/h3-14,19H,2,25H2,1H3,(H,26,29)(H,27,28)/t19-/m1/s1. The average molecular weight is 391 g/mol. The van der Waals surface area contributed by atoms with Crippen molar-refractivity contribution in [3.8, 4) is 0 Å². The van der Waals surface area contributed by atoms with E-state index in [-0.39, 0.29) is 23.4 Å². The number of halogens is 1.